The summed E-state index contributed by atoms with van der Waals surface area (Å²) in [5.74, 6) is -0.377. The minimum Gasteiger partial charge on any atom is -0.497 e. The molecule has 4 rings (SSSR count). The number of halogens is 1. The van der Waals surface area contributed by atoms with Crippen molar-refractivity contribution >= 4 is 44.8 Å². The van der Waals surface area contributed by atoms with Crippen molar-refractivity contribution in [2.75, 3.05) is 25.1 Å². The molecule has 0 unspecified atom stereocenters. The van der Waals surface area contributed by atoms with Crippen molar-refractivity contribution in [1.82, 2.24) is 10.2 Å². The normalized spacial score (nSPS) is 13.9. The Kier molecular flexibility index (Phi) is 11.7. The summed E-state index contributed by atoms with van der Waals surface area (Å²) in [5.41, 5.74) is 0.472. The van der Waals surface area contributed by atoms with Crippen LogP contribution in [0, 0.1) is 17.0 Å². The fourth-order valence-corrected chi connectivity index (χ4v) is 7.30. The van der Waals surface area contributed by atoms with Gasteiger partial charge in [0.1, 0.15) is 24.1 Å². The summed E-state index contributed by atoms with van der Waals surface area (Å²) in [7, 11) is -1.78. The third kappa shape index (κ3) is 8.33. The Balaban J connectivity index is 1.82. The monoisotopic (exact) mass is 686 g/mol. The number of carbonyl (C=O) groups is 2. The van der Waals surface area contributed by atoms with Gasteiger partial charge in [-0.05, 0) is 68.1 Å². The molecular weight excluding hydrogens is 648 g/mol. The fraction of sp³-hybridized carbons (Fsp3) is 0.394. The molecule has 3 aromatic rings. The van der Waals surface area contributed by atoms with Gasteiger partial charge in [0.25, 0.3) is 15.7 Å². The highest BCUT2D eigenvalue weighted by Crippen LogP contribution is 2.36. The second-order valence-corrected chi connectivity index (χ2v) is 13.6. The first kappa shape index (κ1) is 35.5. The van der Waals surface area contributed by atoms with Crippen molar-refractivity contribution in [3.63, 3.8) is 0 Å². The lowest BCUT2D eigenvalue weighted by molar-refractivity contribution is -0.385. The highest BCUT2D eigenvalue weighted by atomic mass is 35.5. The number of hydrogen-bond acceptors (Lipinski definition) is 8. The van der Waals surface area contributed by atoms with Crippen molar-refractivity contribution in [3.8, 4) is 11.5 Å². The lowest BCUT2D eigenvalue weighted by Crippen LogP contribution is -2.53. The number of aryl methyl sites for hydroxylation is 1. The Morgan fingerprint density at radius 3 is 2.43 bits per heavy atom. The van der Waals surface area contributed by atoms with Gasteiger partial charge in [0, 0.05) is 29.2 Å². The maximum Gasteiger partial charge on any atom is 0.273 e. The molecule has 1 fully saturated rings. The van der Waals surface area contributed by atoms with Gasteiger partial charge in [0.05, 0.1) is 29.7 Å². The minimum absolute atomic E-state index is 0.00440. The molecule has 2 amide bonds. The minimum atomic E-state index is -4.64. The van der Waals surface area contributed by atoms with Gasteiger partial charge in [-0.2, -0.15) is 0 Å². The largest absolute Gasteiger partial charge is 0.497 e. The number of nitro groups is 1. The first-order valence-electron chi connectivity index (χ1n) is 15.2. The molecule has 0 heterocycles. The number of nitrogens with zero attached hydrogens (tertiary/aromatic N) is 3. The number of anilines is 1. The molecule has 3 aromatic carbocycles. The van der Waals surface area contributed by atoms with Gasteiger partial charge in [-0.3, -0.25) is 24.0 Å². The smallest absolute Gasteiger partial charge is 0.273 e. The topological polar surface area (TPSA) is 148 Å². The van der Waals surface area contributed by atoms with Crippen LogP contribution in [0.2, 0.25) is 5.02 Å². The summed E-state index contributed by atoms with van der Waals surface area (Å²) >= 11 is 6.31. The third-order valence-corrected chi connectivity index (χ3v) is 10.2. The average molecular weight is 687 g/mol. The standard InChI is InChI=1S/C33H39ClN4O8S/c1-5-28(33(40)35-25-10-6-7-11-25)36(20-23-9-8-12-26(17-23)45-3)32(39)21-37(30-18-24(34)14-16-31(30)46-4)47(43,44)27-15-13-22(2)29(19-27)38(41)42/h8-9,12-19,25,28H,5-7,10-11,20-21H2,1-4H3,(H,35,40)/t28-/m0/s1. The van der Waals surface area contributed by atoms with E-state index < -0.39 is 44.0 Å². The van der Waals surface area contributed by atoms with E-state index in [4.69, 9.17) is 21.1 Å². The number of ether oxygens (including phenoxy) is 2. The summed E-state index contributed by atoms with van der Waals surface area (Å²) in [6.45, 7) is 2.49. The summed E-state index contributed by atoms with van der Waals surface area (Å²) < 4.78 is 40.3. The zero-order chi connectivity index (χ0) is 34.3. The Morgan fingerprint density at radius 1 is 1.06 bits per heavy atom. The van der Waals surface area contributed by atoms with E-state index in [0.717, 1.165) is 36.1 Å². The Morgan fingerprint density at radius 2 is 1.79 bits per heavy atom. The second kappa shape index (κ2) is 15.5. The number of nitro benzene ring substituents is 1. The Labute approximate surface area is 279 Å². The zero-order valence-corrected chi connectivity index (χ0v) is 28.3. The molecule has 0 saturated heterocycles. The molecule has 14 heteroatoms. The highest BCUT2D eigenvalue weighted by Gasteiger charge is 2.36. The first-order valence-corrected chi connectivity index (χ1v) is 17.1. The Hall–Kier alpha value is -4.36. The van der Waals surface area contributed by atoms with Gasteiger partial charge in [0.2, 0.25) is 11.8 Å². The van der Waals surface area contributed by atoms with E-state index in [0.29, 0.717) is 11.3 Å². The SMILES string of the molecule is CC[C@@H](C(=O)NC1CCCC1)N(Cc1cccc(OC)c1)C(=O)CN(c1cc(Cl)ccc1OC)S(=O)(=O)c1ccc(C)c([N+](=O)[O-])c1. The molecule has 0 bridgehead atoms. The number of methoxy groups -OCH3 is 2. The third-order valence-electron chi connectivity index (χ3n) is 8.23. The van der Waals surface area contributed by atoms with E-state index in [1.165, 1.54) is 56.4 Å². The molecule has 1 aliphatic rings. The predicted molar refractivity (Wildman–Crippen MR) is 178 cm³/mol. The van der Waals surface area contributed by atoms with Crippen molar-refractivity contribution in [2.24, 2.45) is 0 Å². The number of rotatable bonds is 14. The fourth-order valence-electron chi connectivity index (χ4n) is 5.70. The molecule has 1 saturated carbocycles. The molecule has 1 aliphatic carbocycles. The van der Waals surface area contributed by atoms with Crippen LogP contribution < -0.4 is 19.1 Å². The maximum absolute atomic E-state index is 14.4. The maximum atomic E-state index is 14.4. The van der Waals surface area contributed by atoms with Crippen LogP contribution in [0.3, 0.4) is 0 Å². The van der Waals surface area contributed by atoms with Crippen LogP contribution in [0.15, 0.2) is 65.6 Å². The van der Waals surface area contributed by atoms with E-state index >= 15 is 0 Å². The Bertz CT molecular complexity index is 1730. The molecule has 0 aliphatic heterocycles. The molecule has 0 spiro atoms. The molecule has 47 heavy (non-hydrogen) atoms. The zero-order valence-electron chi connectivity index (χ0n) is 26.8. The van der Waals surface area contributed by atoms with E-state index in [-0.39, 0.29) is 46.9 Å². The first-order chi connectivity index (χ1) is 22.4. The molecule has 1 atom stereocenters. The molecular formula is C33H39ClN4O8S. The van der Waals surface area contributed by atoms with Crippen molar-refractivity contribution in [1.29, 1.82) is 0 Å². The van der Waals surface area contributed by atoms with Gasteiger partial charge < -0.3 is 19.7 Å². The number of benzene rings is 3. The number of sulfonamides is 1. The highest BCUT2D eigenvalue weighted by molar-refractivity contribution is 7.92. The average Bonchev–Trinajstić information content (AvgIpc) is 3.56. The summed E-state index contributed by atoms with van der Waals surface area (Å²) in [5, 5.41) is 15.0. The number of nitrogens with one attached hydrogen (secondary N) is 1. The van der Waals surface area contributed by atoms with Gasteiger partial charge in [-0.1, -0.05) is 49.6 Å². The second-order valence-electron chi connectivity index (χ2n) is 11.3. The van der Waals surface area contributed by atoms with Gasteiger partial charge >= 0.3 is 0 Å². The van der Waals surface area contributed by atoms with E-state index in [9.17, 15) is 28.1 Å². The summed E-state index contributed by atoms with van der Waals surface area (Å²) in [6.07, 6.45) is 3.94. The van der Waals surface area contributed by atoms with Crippen LogP contribution in [0.4, 0.5) is 11.4 Å². The van der Waals surface area contributed by atoms with E-state index in [2.05, 4.69) is 5.32 Å². The van der Waals surface area contributed by atoms with Crippen molar-refractivity contribution in [2.45, 2.75) is 69.5 Å². The van der Waals surface area contributed by atoms with Gasteiger partial charge in [-0.25, -0.2) is 8.42 Å². The lowest BCUT2D eigenvalue weighted by atomic mass is 10.1. The molecule has 1 N–H and O–H groups in total. The van der Waals surface area contributed by atoms with Crippen molar-refractivity contribution < 1.29 is 32.4 Å². The van der Waals surface area contributed by atoms with Crippen LogP contribution in [-0.2, 0) is 26.2 Å². The lowest BCUT2D eigenvalue weighted by Gasteiger charge is -2.34. The van der Waals surface area contributed by atoms with Crippen LogP contribution in [0.1, 0.15) is 50.2 Å². The molecule has 0 radical (unpaired) electrons. The van der Waals surface area contributed by atoms with Crippen LogP contribution >= 0.6 is 11.6 Å². The molecule has 0 aromatic heterocycles. The predicted octanol–water partition coefficient (Wildman–Crippen LogP) is 5.64. The van der Waals surface area contributed by atoms with Crippen molar-refractivity contribution in [3.05, 3.63) is 86.9 Å². The van der Waals surface area contributed by atoms with E-state index in [1.54, 1.807) is 31.2 Å². The van der Waals surface area contributed by atoms with Crippen LogP contribution in [0.25, 0.3) is 0 Å². The summed E-state index contributed by atoms with van der Waals surface area (Å²) in [4.78, 5) is 40.1. The summed E-state index contributed by atoms with van der Waals surface area (Å²) in [6, 6.07) is 13.9. The number of hydrogen-bond donors (Lipinski definition) is 1. The number of carbonyl (C=O) groups excluding carboxylic acids is 2. The quantitative estimate of drug-likeness (QED) is 0.169. The van der Waals surface area contributed by atoms with Crippen LogP contribution in [-0.4, -0.2) is 62.9 Å². The van der Waals surface area contributed by atoms with Crippen LogP contribution in [0.5, 0.6) is 11.5 Å². The molecule has 12 nitrogen and oxygen atoms in total. The van der Waals surface area contributed by atoms with Gasteiger partial charge in [-0.15, -0.1) is 0 Å². The van der Waals surface area contributed by atoms with Gasteiger partial charge in [0.15, 0.2) is 0 Å². The molecule has 252 valence electrons. The number of amides is 2. The van der Waals surface area contributed by atoms with E-state index in [1.807, 2.05) is 0 Å².